The minimum Gasteiger partial charge on any atom is -0.252 e. The molecule has 1 rings (SSSR count). The number of hydrogen-bond donors (Lipinski definition) is 0. The van der Waals surface area contributed by atoms with Gasteiger partial charge in [-0.3, -0.25) is 4.99 Å². The molecule has 0 saturated heterocycles. The van der Waals surface area contributed by atoms with Crippen LogP contribution in [-0.2, 0) is 0 Å². The van der Waals surface area contributed by atoms with Gasteiger partial charge in [-0.1, -0.05) is 80.1 Å². The SMILES string of the molecule is CCCC.CCCC.CCCC.FC1C=C=CC=N1.[Sn]. The Labute approximate surface area is 143 Å². The summed E-state index contributed by atoms with van der Waals surface area (Å²) in [7, 11) is 0. The molecule has 1 unspecified atom stereocenters. The smallest absolute Gasteiger partial charge is 0.215 e. The maximum absolute atomic E-state index is 11.8. The van der Waals surface area contributed by atoms with Crippen LogP contribution in [0.15, 0.2) is 22.9 Å². The number of rotatable bonds is 3. The summed E-state index contributed by atoms with van der Waals surface area (Å²) in [6.07, 6.45) is 11.0. The molecule has 1 nitrogen and oxygen atoms in total. The molecular formula is C17H34FNSn. The number of halogens is 1. The van der Waals surface area contributed by atoms with E-state index in [1.54, 1.807) is 6.08 Å². The van der Waals surface area contributed by atoms with E-state index in [2.05, 4.69) is 52.3 Å². The van der Waals surface area contributed by atoms with Crippen LogP contribution in [0, 0.1) is 0 Å². The van der Waals surface area contributed by atoms with Gasteiger partial charge in [-0.2, -0.15) is 0 Å². The molecule has 0 spiro atoms. The summed E-state index contributed by atoms with van der Waals surface area (Å²) in [4.78, 5) is 3.36. The van der Waals surface area contributed by atoms with Gasteiger partial charge in [0.2, 0.25) is 6.30 Å². The molecule has 1 aliphatic rings. The molecule has 20 heavy (non-hydrogen) atoms. The number of alkyl halides is 1. The van der Waals surface area contributed by atoms with Crippen molar-refractivity contribution in [3.8, 4) is 0 Å². The van der Waals surface area contributed by atoms with E-state index in [-0.39, 0.29) is 23.9 Å². The molecule has 1 aliphatic heterocycles. The van der Waals surface area contributed by atoms with Crippen molar-refractivity contribution < 1.29 is 4.39 Å². The van der Waals surface area contributed by atoms with Crippen LogP contribution in [0.25, 0.3) is 0 Å². The Hall–Kier alpha value is -0.0813. The molecule has 0 fully saturated rings. The molecule has 1 atom stereocenters. The second-order valence-corrected chi connectivity index (χ2v) is 4.17. The Balaban J connectivity index is -0.0000000881. The van der Waals surface area contributed by atoms with Crippen LogP contribution < -0.4 is 0 Å². The van der Waals surface area contributed by atoms with Crippen LogP contribution >= 0.6 is 0 Å². The summed E-state index contributed by atoms with van der Waals surface area (Å²) >= 11 is 0. The standard InChI is InChI=1S/C5H4FN.3C4H10.Sn/c6-5-3-1-2-4-7-5;3*1-3-4-2;/h2-5H;3*3-4H2,1-2H3;. The van der Waals surface area contributed by atoms with Gasteiger partial charge < -0.3 is 0 Å². The average Bonchev–Trinajstić information content (AvgIpc) is 2.48. The van der Waals surface area contributed by atoms with Crippen molar-refractivity contribution in [2.24, 2.45) is 4.99 Å². The molecule has 1 heterocycles. The minimum absolute atomic E-state index is 0. The van der Waals surface area contributed by atoms with Crippen molar-refractivity contribution >= 4 is 30.1 Å². The van der Waals surface area contributed by atoms with Crippen LogP contribution in [0.2, 0.25) is 0 Å². The van der Waals surface area contributed by atoms with Crippen molar-refractivity contribution in [3.05, 3.63) is 17.9 Å². The van der Waals surface area contributed by atoms with Gasteiger partial charge in [0, 0.05) is 36.2 Å². The van der Waals surface area contributed by atoms with Gasteiger partial charge in [0.15, 0.2) is 0 Å². The van der Waals surface area contributed by atoms with E-state index in [0.717, 1.165) is 0 Å². The Morgan fingerprint density at radius 3 is 1.30 bits per heavy atom. The molecule has 0 N–H and O–H groups in total. The van der Waals surface area contributed by atoms with Gasteiger partial charge in [0.1, 0.15) is 0 Å². The summed E-state index contributed by atoms with van der Waals surface area (Å²) in [6, 6.07) is 0. The zero-order chi connectivity index (χ0) is 15.4. The fraction of sp³-hybridized carbons (Fsp3) is 0.765. The Morgan fingerprint density at radius 1 is 0.850 bits per heavy atom. The predicted octanol–water partition coefficient (Wildman–Crippen LogP) is 6.12. The predicted molar refractivity (Wildman–Crippen MR) is 93.5 cm³/mol. The van der Waals surface area contributed by atoms with Crippen molar-refractivity contribution in [2.45, 2.75) is 86.4 Å². The van der Waals surface area contributed by atoms with E-state index in [0.29, 0.717) is 0 Å². The Bertz CT molecular complexity index is 206. The van der Waals surface area contributed by atoms with E-state index in [1.807, 2.05) is 0 Å². The third-order valence-corrected chi connectivity index (χ3v) is 2.13. The molecule has 0 aromatic heterocycles. The summed E-state index contributed by atoms with van der Waals surface area (Å²) in [6.45, 7) is 13.1. The van der Waals surface area contributed by atoms with E-state index < -0.39 is 6.30 Å². The van der Waals surface area contributed by atoms with E-state index >= 15 is 0 Å². The number of nitrogens with zero attached hydrogens (tertiary/aromatic N) is 1. The largest absolute Gasteiger partial charge is 0.252 e. The molecule has 0 aromatic rings. The zero-order valence-corrected chi connectivity index (χ0v) is 17.2. The topological polar surface area (TPSA) is 12.4 Å². The summed E-state index contributed by atoms with van der Waals surface area (Å²) in [5, 5.41) is 0. The van der Waals surface area contributed by atoms with Crippen molar-refractivity contribution in [2.75, 3.05) is 0 Å². The molecule has 3 heteroatoms. The average molecular weight is 390 g/mol. The van der Waals surface area contributed by atoms with Crippen LogP contribution in [0.3, 0.4) is 0 Å². The van der Waals surface area contributed by atoms with Gasteiger partial charge in [-0.05, 0) is 6.08 Å². The summed E-state index contributed by atoms with van der Waals surface area (Å²) in [5.41, 5.74) is 2.56. The molecule has 0 amide bonds. The van der Waals surface area contributed by atoms with Crippen LogP contribution in [0.5, 0.6) is 0 Å². The van der Waals surface area contributed by atoms with Gasteiger partial charge >= 0.3 is 0 Å². The Morgan fingerprint density at radius 2 is 1.20 bits per heavy atom. The summed E-state index contributed by atoms with van der Waals surface area (Å²) in [5.74, 6) is 0. The normalized spacial score (nSPS) is 13.7. The minimum atomic E-state index is -1.16. The summed E-state index contributed by atoms with van der Waals surface area (Å²) < 4.78 is 11.8. The second-order valence-electron chi connectivity index (χ2n) is 4.17. The van der Waals surface area contributed by atoms with Crippen molar-refractivity contribution in [1.29, 1.82) is 0 Å². The van der Waals surface area contributed by atoms with Gasteiger partial charge in [-0.25, -0.2) is 4.39 Å². The molecule has 118 valence electrons. The molecule has 0 saturated carbocycles. The fourth-order valence-electron chi connectivity index (χ4n) is 0.346. The molecule has 0 bridgehead atoms. The van der Waals surface area contributed by atoms with Gasteiger partial charge in [0.05, 0.1) is 0 Å². The van der Waals surface area contributed by atoms with Crippen LogP contribution in [0.4, 0.5) is 4.39 Å². The van der Waals surface area contributed by atoms with E-state index in [1.165, 1.54) is 50.8 Å². The molecular weight excluding hydrogens is 356 g/mol. The zero-order valence-electron chi connectivity index (χ0n) is 14.4. The monoisotopic (exact) mass is 391 g/mol. The van der Waals surface area contributed by atoms with Crippen molar-refractivity contribution in [1.82, 2.24) is 0 Å². The third kappa shape index (κ3) is 43.0. The van der Waals surface area contributed by atoms with Crippen LogP contribution in [0.1, 0.15) is 80.1 Å². The second kappa shape index (κ2) is 31.4. The van der Waals surface area contributed by atoms with E-state index in [4.69, 9.17) is 0 Å². The number of unbranched alkanes of at least 4 members (excludes halogenated alkanes) is 3. The first-order chi connectivity index (χ1) is 9.14. The molecule has 4 radical (unpaired) electrons. The van der Waals surface area contributed by atoms with Gasteiger partial charge in [-0.15, -0.1) is 5.73 Å². The van der Waals surface area contributed by atoms with E-state index in [9.17, 15) is 4.39 Å². The maximum atomic E-state index is 11.8. The fourth-order valence-corrected chi connectivity index (χ4v) is 0.346. The number of aliphatic imine (C=N–C) groups is 1. The Kier molecular flexibility index (Phi) is 44.1. The quantitative estimate of drug-likeness (QED) is 0.313. The third-order valence-electron chi connectivity index (χ3n) is 2.13. The van der Waals surface area contributed by atoms with Crippen LogP contribution in [-0.4, -0.2) is 36.4 Å². The molecule has 0 aliphatic carbocycles. The number of hydrogen-bond acceptors (Lipinski definition) is 1. The first kappa shape index (κ1) is 28.1. The maximum Gasteiger partial charge on any atom is 0.215 e. The van der Waals surface area contributed by atoms with Crippen molar-refractivity contribution in [3.63, 3.8) is 0 Å². The molecule has 0 aromatic carbocycles. The van der Waals surface area contributed by atoms with Gasteiger partial charge in [0.25, 0.3) is 0 Å². The first-order valence-corrected chi connectivity index (χ1v) is 7.72. The first-order valence-electron chi connectivity index (χ1n) is 7.72.